The van der Waals surface area contributed by atoms with Gasteiger partial charge in [-0.15, -0.1) is 0 Å². The second-order valence-electron chi connectivity index (χ2n) is 9.61. The molecule has 0 saturated carbocycles. The molecule has 2 fully saturated rings. The van der Waals surface area contributed by atoms with Gasteiger partial charge in [-0.3, -0.25) is 10.1 Å². The van der Waals surface area contributed by atoms with Crippen LogP contribution in [0.3, 0.4) is 0 Å². The Balaban J connectivity index is 1.41. The number of amides is 2. The van der Waals surface area contributed by atoms with Crippen LogP contribution in [0.5, 0.6) is 0 Å². The summed E-state index contributed by atoms with van der Waals surface area (Å²) >= 11 is 0. The van der Waals surface area contributed by atoms with E-state index in [-0.39, 0.29) is 24.0 Å². The first-order chi connectivity index (χ1) is 17.3. The zero-order valence-corrected chi connectivity index (χ0v) is 19.7. The molecule has 2 aliphatic heterocycles. The topological polar surface area (TPSA) is 85.3 Å². The summed E-state index contributed by atoms with van der Waals surface area (Å²) in [6.45, 7) is 1.87. The van der Waals surface area contributed by atoms with Crippen LogP contribution in [0.1, 0.15) is 47.9 Å². The molecule has 0 aliphatic carbocycles. The molecule has 2 amide bonds. The number of hydrogen-bond acceptors (Lipinski definition) is 4. The number of benzene rings is 1. The highest BCUT2D eigenvalue weighted by Crippen LogP contribution is 2.38. The highest BCUT2D eigenvalue weighted by molar-refractivity contribution is 5.75. The molecule has 2 atom stereocenters. The Hall–Kier alpha value is -3.40. The number of nitrogens with one attached hydrogen (secondary N) is 1. The maximum absolute atomic E-state index is 13.4. The lowest BCUT2D eigenvalue weighted by Gasteiger charge is -2.41. The zero-order valence-electron chi connectivity index (χ0n) is 19.7. The van der Waals surface area contributed by atoms with E-state index >= 15 is 0 Å². The summed E-state index contributed by atoms with van der Waals surface area (Å²) in [6.07, 6.45) is 0.387. The third-order valence-electron chi connectivity index (χ3n) is 7.16. The van der Waals surface area contributed by atoms with Crippen LogP contribution in [0.15, 0.2) is 54.9 Å². The quantitative estimate of drug-likeness (QED) is 0.550. The number of likely N-dealkylation sites (tertiary alicyclic amines) is 2. The minimum absolute atomic E-state index is 0.0664. The van der Waals surface area contributed by atoms with Crippen LogP contribution in [-0.2, 0) is 6.18 Å². The lowest BCUT2D eigenvalue weighted by atomic mass is 9.82. The smallest absolute Gasteiger partial charge is 0.393 e. The van der Waals surface area contributed by atoms with E-state index in [9.17, 15) is 23.1 Å². The Kier molecular flexibility index (Phi) is 6.70. The minimum atomic E-state index is -4.40. The predicted octanol–water partition coefficient (Wildman–Crippen LogP) is 4.64. The van der Waals surface area contributed by atoms with Crippen molar-refractivity contribution in [1.82, 2.24) is 25.0 Å². The summed E-state index contributed by atoms with van der Waals surface area (Å²) in [5, 5.41) is 17.4. The fraction of sp³-hybridized carbons (Fsp3) is 0.423. The van der Waals surface area contributed by atoms with Crippen molar-refractivity contribution in [2.24, 2.45) is 0 Å². The van der Waals surface area contributed by atoms with E-state index in [0.29, 0.717) is 45.4 Å². The lowest BCUT2D eigenvalue weighted by molar-refractivity contribution is -0.137. The van der Waals surface area contributed by atoms with E-state index in [1.807, 2.05) is 18.2 Å². The molecule has 1 aromatic carbocycles. The molecule has 190 valence electrons. The molecule has 0 bridgehead atoms. The van der Waals surface area contributed by atoms with Gasteiger partial charge in [-0.1, -0.05) is 12.1 Å². The highest BCUT2D eigenvalue weighted by Gasteiger charge is 2.36. The molecule has 7 nitrogen and oxygen atoms in total. The maximum Gasteiger partial charge on any atom is 0.416 e. The fourth-order valence-corrected chi connectivity index (χ4v) is 5.13. The summed E-state index contributed by atoms with van der Waals surface area (Å²) in [5.41, 5.74) is 2.57. The standard InChI is InChI=1S/C26H28F3N5O2/c27-26(28,29)21-5-3-17(4-6-21)19-12-20(24-13-23(31-32-24)18-2-1-9-30-14-18)16-34(15-19)25(36)33-10-7-22(35)8-11-33/h1-6,9,13-14,19-20,22,35H,7-8,10-12,15-16H2,(H,31,32). The average Bonchev–Trinajstić information content (AvgIpc) is 3.39. The van der Waals surface area contributed by atoms with E-state index in [0.717, 1.165) is 34.6 Å². The van der Waals surface area contributed by atoms with Crippen LogP contribution in [0, 0.1) is 0 Å². The summed E-state index contributed by atoms with van der Waals surface area (Å²) in [4.78, 5) is 21.1. The molecule has 2 N–H and O–H groups in total. The molecular weight excluding hydrogens is 471 g/mol. The fourth-order valence-electron chi connectivity index (χ4n) is 5.13. The van der Waals surface area contributed by atoms with Crippen LogP contribution in [-0.4, -0.2) is 68.4 Å². The first-order valence-corrected chi connectivity index (χ1v) is 12.1. The number of aromatic amines is 1. The Labute approximate surface area is 207 Å². The van der Waals surface area contributed by atoms with Crippen LogP contribution in [0.2, 0.25) is 0 Å². The number of piperidine rings is 2. The number of aliphatic hydroxyl groups excluding tert-OH is 1. The minimum Gasteiger partial charge on any atom is -0.393 e. The summed E-state index contributed by atoms with van der Waals surface area (Å²) in [7, 11) is 0. The van der Waals surface area contributed by atoms with Crippen molar-refractivity contribution in [3.63, 3.8) is 0 Å². The molecule has 0 spiro atoms. The van der Waals surface area contributed by atoms with Gasteiger partial charge in [0, 0.05) is 61.7 Å². The van der Waals surface area contributed by atoms with Crippen LogP contribution >= 0.6 is 0 Å². The van der Waals surface area contributed by atoms with Gasteiger partial charge < -0.3 is 14.9 Å². The molecule has 10 heteroatoms. The number of carbonyl (C=O) groups is 1. The molecule has 2 aromatic heterocycles. The van der Waals surface area contributed by atoms with Gasteiger partial charge >= 0.3 is 12.2 Å². The monoisotopic (exact) mass is 499 g/mol. The van der Waals surface area contributed by atoms with Crippen LogP contribution in [0.4, 0.5) is 18.0 Å². The number of hydrogen-bond donors (Lipinski definition) is 2. The van der Waals surface area contributed by atoms with Crippen molar-refractivity contribution >= 4 is 6.03 Å². The van der Waals surface area contributed by atoms with Gasteiger partial charge in [0.25, 0.3) is 0 Å². The first-order valence-electron chi connectivity index (χ1n) is 12.1. The van der Waals surface area contributed by atoms with Crippen molar-refractivity contribution < 1.29 is 23.1 Å². The SMILES string of the molecule is O=C(N1CCC(O)CC1)N1CC(c2ccc(C(F)(F)F)cc2)CC(c2cc(-c3cccnc3)n[nH]2)C1. The molecular formula is C26H28F3N5O2. The number of carbonyl (C=O) groups excluding carboxylic acids is 1. The Morgan fingerprint density at radius 2 is 1.75 bits per heavy atom. The van der Waals surface area contributed by atoms with Gasteiger partial charge in [0.15, 0.2) is 0 Å². The van der Waals surface area contributed by atoms with Crippen LogP contribution < -0.4 is 0 Å². The Morgan fingerprint density at radius 1 is 1.03 bits per heavy atom. The van der Waals surface area contributed by atoms with E-state index in [4.69, 9.17) is 0 Å². The molecule has 2 aliphatic rings. The van der Waals surface area contributed by atoms with Gasteiger partial charge in [0.2, 0.25) is 0 Å². The summed E-state index contributed by atoms with van der Waals surface area (Å²) in [5.74, 6) is -0.196. The third-order valence-corrected chi connectivity index (χ3v) is 7.16. The van der Waals surface area contributed by atoms with E-state index in [1.54, 1.807) is 22.2 Å². The molecule has 0 radical (unpaired) electrons. The largest absolute Gasteiger partial charge is 0.416 e. The number of aliphatic hydroxyl groups is 1. The van der Waals surface area contributed by atoms with E-state index in [1.165, 1.54) is 12.1 Å². The van der Waals surface area contributed by atoms with E-state index < -0.39 is 11.7 Å². The number of halogens is 3. The average molecular weight is 500 g/mol. The van der Waals surface area contributed by atoms with Crippen molar-refractivity contribution in [2.45, 2.75) is 43.4 Å². The number of H-pyrrole nitrogens is 1. The summed E-state index contributed by atoms with van der Waals surface area (Å²) in [6, 6.07) is 10.8. The predicted molar refractivity (Wildman–Crippen MR) is 127 cm³/mol. The van der Waals surface area contributed by atoms with Gasteiger partial charge in [0.05, 0.1) is 17.4 Å². The number of alkyl halides is 3. The zero-order chi connectivity index (χ0) is 25.3. The van der Waals surface area contributed by atoms with Crippen molar-refractivity contribution in [3.8, 4) is 11.3 Å². The van der Waals surface area contributed by atoms with Crippen molar-refractivity contribution in [1.29, 1.82) is 0 Å². The molecule has 2 saturated heterocycles. The normalized spacial score (nSPS) is 21.6. The van der Waals surface area contributed by atoms with Gasteiger partial charge in [-0.25, -0.2) is 4.79 Å². The number of pyridine rings is 1. The lowest BCUT2D eigenvalue weighted by Crippen LogP contribution is -2.51. The number of nitrogens with zero attached hydrogens (tertiary/aromatic N) is 4. The molecule has 5 rings (SSSR count). The molecule has 4 heterocycles. The molecule has 36 heavy (non-hydrogen) atoms. The van der Waals surface area contributed by atoms with Crippen molar-refractivity contribution in [3.05, 3.63) is 71.7 Å². The van der Waals surface area contributed by atoms with Gasteiger partial charge in [-0.05, 0) is 55.2 Å². The first kappa shape index (κ1) is 24.3. The molecule has 3 aromatic rings. The number of rotatable bonds is 3. The third kappa shape index (κ3) is 5.23. The second kappa shape index (κ2) is 9.93. The summed E-state index contributed by atoms with van der Waals surface area (Å²) < 4.78 is 39.3. The van der Waals surface area contributed by atoms with Crippen LogP contribution in [0.25, 0.3) is 11.3 Å². The Bertz CT molecular complexity index is 1170. The highest BCUT2D eigenvalue weighted by atomic mass is 19.4. The van der Waals surface area contributed by atoms with Gasteiger partial charge in [-0.2, -0.15) is 18.3 Å². The maximum atomic E-state index is 13.4. The number of aromatic nitrogens is 3. The number of urea groups is 1. The Morgan fingerprint density at radius 3 is 2.42 bits per heavy atom. The van der Waals surface area contributed by atoms with Crippen molar-refractivity contribution in [2.75, 3.05) is 26.2 Å². The second-order valence-corrected chi connectivity index (χ2v) is 9.61. The van der Waals surface area contributed by atoms with E-state index in [2.05, 4.69) is 15.2 Å². The van der Waals surface area contributed by atoms with Gasteiger partial charge in [0.1, 0.15) is 0 Å². The molecule has 2 unspecified atom stereocenters.